The van der Waals surface area contributed by atoms with Crippen LogP contribution in [0, 0.1) is 0 Å². The van der Waals surface area contributed by atoms with Gasteiger partial charge in [-0.25, -0.2) is 0 Å². The van der Waals surface area contributed by atoms with Gasteiger partial charge in [-0.3, -0.25) is 9.59 Å². The molecule has 1 atom stereocenters. The molecule has 1 aromatic heterocycles. The van der Waals surface area contributed by atoms with Crippen LogP contribution in [0.1, 0.15) is 19.4 Å². The Kier molecular flexibility index (Phi) is 5.07. The van der Waals surface area contributed by atoms with Crippen molar-refractivity contribution in [3.8, 4) is 5.75 Å². The SMILES string of the molecule is CC[C@@H](C(=O)N1CCN(c2ccccc2OC)C(=O)C1)n1cccc1. The van der Waals surface area contributed by atoms with Crippen molar-refractivity contribution >= 4 is 17.5 Å². The molecule has 25 heavy (non-hydrogen) atoms. The number of piperazine rings is 1. The number of hydrogen-bond donors (Lipinski definition) is 0. The van der Waals surface area contributed by atoms with Crippen LogP contribution < -0.4 is 9.64 Å². The van der Waals surface area contributed by atoms with Gasteiger partial charge in [-0.15, -0.1) is 0 Å². The minimum atomic E-state index is -0.263. The predicted molar refractivity (Wildman–Crippen MR) is 95.7 cm³/mol. The number of para-hydroxylation sites is 2. The van der Waals surface area contributed by atoms with E-state index in [1.165, 1.54) is 0 Å². The van der Waals surface area contributed by atoms with E-state index in [1.54, 1.807) is 16.9 Å². The third-order valence-corrected chi connectivity index (χ3v) is 4.57. The van der Waals surface area contributed by atoms with E-state index in [1.807, 2.05) is 60.3 Å². The molecule has 1 aliphatic rings. The molecule has 0 N–H and O–H groups in total. The maximum absolute atomic E-state index is 12.8. The van der Waals surface area contributed by atoms with Crippen molar-refractivity contribution in [2.24, 2.45) is 0 Å². The summed E-state index contributed by atoms with van der Waals surface area (Å²) >= 11 is 0. The summed E-state index contributed by atoms with van der Waals surface area (Å²) < 4.78 is 7.25. The van der Waals surface area contributed by atoms with Crippen molar-refractivity contribution in [1.82, 2.24) is 9.47 Å². The molecule has 0 radical (unpaired) electrons. The predicted octanol–water partition coefficient (Wildman–Crippen LogP) is 2.32. The standard InChI is InChI=1S/C19H23N3O3/c1-3-15(20-10-6-7-11-20)19(24)21-12-13-22(18(23)14-21)16-8-4-5-9-17(16)25-2/h4-11,15H,3,12-14H2,1-2H3/t15-/m0/s1. The van der Waals surface area contributed by atoms with Crippen LogP contribution >= 0.6 is 0 Å². The first kappa shape index (κ1) is 17.1. The zero-order chi connectivity index (χ0) is 17.8. The largest absolute Gasteiger partial charge is 0.495 e. The van der Waals surface area contributed by atoms with Crippen LogP contribution in [0.25, 0.3) is 0 Å². The topological polar surface area (TPSA) is 54.8 Å². The molecule has 0 saturated carbocycles. The Labute approximate surface area is 147 Å². The average molecular weight is 341 g/mol. The van der Waals surface area contributed by atoms with Gasteiger partial charge in [-0.1, -0.05) is 19.1 Å². The van der Waals surface area contributed by atoms with E-state index in [-0.39, 0.29) is 24.4 Å². The molecule has 1 saturated heterocycles. The molecular formula is C19H23N3O3. The zero-order valence-electron chi connectivity index (χ0n) is 14.6. The zero-order valence-corrected chi connectivity index (χ0v) is 14.6. The van der Waals surface area contributed by atoms with Crippen LogP contribution in [-0.2, 0) is 9.59 Å². The fourth-order valence-electron chi connectivity index (χ4n) is 3.25. The maximum atomic E-state index is 12.8. The third kappa shape index (κ3) is 3.38. The van der Waals surface area contributed by atoms with Crippen LogP contribution in [0.15, 0.2) is 48.8 Å². The Bertz CT molecular complexity index is 742. The van der Waals surface area contributed by atoms with Crippen molar-refractivity contribution < 1.29 is 14.3 Å². The molecule has 1 aliphatic heterocycles. The Morgan fingerprint density at radius 3 is 2.52 bits per heavy atom. The fourth-order valence-corrected chi connectivity index (χ4v) is 3.25. The van der Waals surface area contributed by atoms with E-state index in [9.17, 15) is 9.59 Å². The molecule has 0 aliphatic carbocycles. The monoisotopic (exact) mass is 341 g/mol. The number of ether oxygens (including phenoxy) is 1. The Morgan fingerprint density at radius 1 is 1.16 bits per heavy atom. The first-order valence-corrected chi connectivity index (χ1v) is 8.50. The lowest BCUT2D eigenvalue weighted by atomic mass is 10.1. The van der Waals surface area contributed by atoms with Crippen molar-refractivity contribution in [3.05, 3.63) is 48.8 Å². The Morgan fingerprint density at radius 2 is 1.88 bits per heavy atom. The maximum Gasteiger partial charge on any atom is 0.246 e. The molecule has 1 fully saturated rings. The lowest BCUT2D eigenvalue weighted by molar-refractivity contribution is -0.139. The molecule has 0 unspecified atom stereocenters. The molecule has 2 aromatic rings. The van der Waals surface area contributed by atoms with Gasteiger partial charge in [0.25, 0.3) is 0 Å². The van der Waals surface area contributed by atoms with Gasteiger partial charge in [0.2, 0.25) is 11.8 Å². The Hall–Kier alpha value is -2.76. The second-order valence-corrected chi connectivity index (χ2v) is 6.03. The van der Waals surface area contributed by atoms with E-state index in [2.05, 4.69) is 0 Å². The van der Waals surface area contributed by atoms with Crippen LogP contribution in [0.2, 0.25) is 0 Å². The highest BCUT2D eigenvalue weighted by atomic mass is 16.5. The summed E-state index contributed by atoms with van der Waals surface area (Å²) in [7, 11) is 1.59. The molecule has 0 spiro atoms. The molecule has 132 valence electrons. The molecule has 0 bridgehead atoms. The molecular weight excluding hydrogens is 318 g/mol. The number of hydrogen-bond acceptors (Lipinski definition) is 3. The van der Waals surface area contributed by atoms with Crippen molar-refractivity contribution in [3.63, 3.8) is 0 Å². The van der Waals surface area contributed by atoms with Crippen LogP contribution in [-0.4, -0.2) is 48.0 Å². The van der Waals surface area contributed by atoms with Crippen LogP contribution in [0.5, 0.6) is 5.75 Å². The van der Waals surface area contributed by atoms with Gasteiger partial charge >= 0.3 is 0 Å². The summed E-state index contributed by atoms with van der Waals surface area (Å²) in [6.07, 6.45) is 4.46. The van der Waals surface area contributed by atoms with Gasteiger partial charge in [0.1, 0.15) is 18.3 Å². The number of methoxy groups -OCH3 is 1. The smallest absolute Gasteiger partial charge is 0.246 e. The number of nitrogens with zero attached hydrogens (tertiary/aromatic N) is 3. The van der Waals surface area contributed by atoms with Gasteiger partial charge in [-0.2, -0.15) is 0 Å². The third-order valence-electron chi connectivity index (χ3n) is 4.57. The normalized spacial score (nSPS) is 16.0. The molecule has 2 heterocycles. The van der Waals surface area contributed by atoms with Crippen molar-refractivity contribution in [2.45, 2.75) is 19.4 Å². The average Bonchev–Trinajstić information content (AvgIpc) is 3.16. The van der Waals surface area contributed by atoms with E-state index in [0.29, 0.717) is 25.3 Å². The van der Waals surface area contributed by atoms with Gasteiger partial charge in [0.05, 0.1) is 12.8 Å². The summed E-state index contributed by atoms with van der Waals surface area (Å²) in [6, 6.07) is 11.0. The molecule has 6 nitrogen and oxygen atoms in total. The number of carbonyl (C=O) groups excluding carboxylic acids is 2. The summed E-state index contributed by atoms with van der Waals surface area (Å²) in [5.41, 5.74) is 0.750. The number of benzene rings is 1. The van der Waals surface area contributed by atoms with Gasteiger partial charge in [0.15, 0.2) is 0 Å². The number of amides is 2. The van der Waals surface area contributed by atoms with Crippen LogP contribution in [0.4, 0.5) is 5.69 Å². The molecule has 2 amide bonds. The van der Waals surface area contributed by atoms with Crippen molar-refractivity contribution in [1.29, 1.82) is 0 Å². The number of anilines is 1. The fraction of sp³-hybridized carbons (Fsp3) is 0.368. The molecule has 6 heteroatoms. The summed E-state index contributed by atoms with van der Waals surface area (Å²) in [4.78, 5) is 28.8. The highest BCUT2D eigenvalue weighted by Gasteiger charge is 2.32. The van der Waals surface area contributed by atoms with E-state index < -0.39 is 0 Å². The van der Waals surface area contributed by atoms with E-state index in [4.69, 9.17) is 4.74 Å². The molecule has 1 aromatic carbocycles. The van der Waals surface area contributed by atoms with E-state index >= 15 is 0 Å². The first-order valence-electron chi connectivity index (χ1n) is 8.50. The van der Waals surface area contributed by atoms with E-state index in [0.717, 1.165) is 5.69 Å². The number of rotatable bonds is 5. The second-order valence-electron chi connectivity index (χ2n) is 6.03. The first-order chi connectivity index (χ1) is 12.2. The lowest BCUT2D eigenvalue weighted by Gasteiger charge is -2.36. The number of carbonyl (C=O) groups is 2. The highest BCUT2D eigenvalue weighted by molar-refractivity contribution is 5.99. The summed E-state index contributed by atoms with van der Waals surface area (Å²) in [5.74, 6) is 0.563. The Balaban J connectivity index is 1.73. The van der Waals surface area contributed by atoms with Gasteiger partial charge < -0.3 is 19.1 Å². The van der Waals surface area contributed by atoms with Gasteiger partial charge in [0, 0.05) is 25.5 Å². The summed E-state index contributed by atoms with van der Waals surface area (Å²) in [5, 5.41) is 0. The van der Waals surface area contributed by atoms with Crippen molar-refractivity contribution in [2.75, 3.05) is 31.6 Å². The van der Waals surface area contributed by atoms with Crippen LogP contribution in [0.3, 0.4) is 0 Å². The quantitative estimate of drug-likeness (QED) is 0.839. The highest BCUT2D eigenvalue weighted by Crippen LogP contribution is 2.29. The minimum absolute atomic E-state index is 0.00766. The second kappa shape index (κ2) is 7.42. The molecule has 3 rings (SSSR count). The lowest BCUT2D eigenvalue weighted by Crippen LogP contribution is -2.53. The minimum Gasteiger partial charge on any atom is -0.495 e. The van der Waals surface area contributed by atoms with Gasteiger partial charge in [-0.05, 0) is 30.7 Å². The summed E-state index contributed by atoms with van der Waals surface area (Å²) in [6.45, 7) is 3.05. The number of aromatic nitrogens is 1.